The summed E-state index contributed by atoms with van der Waals surface area (Å²) in [6.07, 6.45) is -2.16. The average Bonchev–Trinajstić information content (AvgIpc) is 3.12. The number of aliphatic hydroxyl groups excluding tert-OH is 2. The summed E-state index contributed by atoms with van der Waals surface area (Å²) in [5.74, 6) is 0.883. The Labute approximate surface area is 221 Å². The van der Waals surface area contributed by atoms with Gasteiger partial charge < -0.3 is 39.6 Å². The summed E-state index contributed by atoms with van der Waals surface area (Å²) in [4.78, 5) is 33.9. The van der Waals surface area contributed by atoms with E-state index in [-0.39, 0.29) is 64.9 Å². The van der Waals surface area contributed by atoms with E-state index in [1.807, 2.05) is 6.92 Å². The number of nitrogens with two attached hydrogens (primary N) is 1. The van der Waals surface area contributed by atoms with Crippen LogP contribution >= 0.6 is 19.6 Å². The van der Waals surface area contributed by atoms with Gasteiger partial charge in [0.05, 0.1) is 14.4 Å². The smallest absolute Gasteiger partial charge is 0.790 e. The molecule has 156 valence electrons. The number of phosphoric acid groups is 1. The Morgan fingerprint density at radius 1 is 1.33 bits per heavy atom. The first kappa shape index (κ1) is 28.7. The third-order valence-corrected chi connectivity index (χ3v) is 5.69. The van der Waals surface area contributed by atoms with Gasteiger partial charge in [0.25, 0.3) is 0 Å². The normalized spacial score (nSPS) is 23.9. The summed E-state index contributed by atoms with van der Waals surface area (Å²) in [7, 11) is -5.25. The number of aromatic nitrogens is 4. The van der Waals surface area contributed by atoms with Crippen molar-refractivity contribution in [1.29, 1.82) is 0 Å². The Hall–Kier alpha value is 0.690. The molecular formula is C14H20N5Na2O7PS. The van der Waals surface area contributed by atoms with Crippen LogP contribution in [0.3, 0.4) is 0 Å². The zero-order valence-corrected chi connectivity index (χ0v) is 22.6. The number of hydrogen-bond acceptors (Lipinski definition) is 12. The fraction of sp³-hybridized carbons (Fsp3) is 0.643. The fourth-order valence-corrected chi connectivity index (χ4v) is 4.22. The van der Waals surface area contributed by atoms with Gasteiger partial charge in [-0.3, -0.25) is 4.57 Å². The van der Waals surface area contributed by atoms with Crippen molar-refractivity contribution < 1.29 is 92.9 Å². The number of ether oxygens (including phenoxy) is 1. The van der Waals surface area contributed by atoms with Crippen molar-refractivity contribution in [2.45, 2.75) is 49.5 Å². The van der Waals surface area contributed by atoms with Crippen LogP contribution in [0.2, 0.25) is 0 Å². The zero-order chi connectivity index (χ0) is 20.5. The maximum Gasteiger partial charge on any atom is 1.00 e. The molecule has 12 nitrogen and oxygen atoms in total. The number of anilines is 1. The molecule has 0 saturated carbocycles. The van der Waals surface area contributed by atoms with Gasteiger partial charge in [-0.15, -0.1) is 0 Å². The molecular weight excluding hydrogens is 459 g/mol. The molecule has 1 saturated heterocycles. The van der Waals surface area contributed by atoms with Gasteiger partial charge in [-0.05, 0) is 6.42 Å². The van der Waals surface area contributed by atoms with Gasteiger partial charge >= 0.3 is 59.1 Å². The summed E-state index contributed by atoms with van der Waals surface area (Å²) >= 11 is 1.40. The molecule has 4 atom stereocenters. The molecule has 0 unspecified atom stereocenters. The van der Waals surface area contributed by atoms with E-state index in [2.05, 4.69) is 19.5 Å². The second kappa shape index (κ2) is 12.2. The van der Waals surface area contributed by atoms with E-state index in [9.17, 15) is 24.6 Å². The predicted octanol–water partition coefficient (Wildman–Crippen LogP) is -7.23. The summed E-state index contributed by atoms with van der Waals surface area (Å²) in [5, 5.41) is 21.1. The molecule has 0 spiro atoms. The van der Waals surface area contributed by atoms with Gasteiger partial charge in [-0.25, -0.2) is 15.0 Å². The first-order valence-electron chi connectivity index (χ1n) is 8.52. The fourth-order valence-electron chi connectivity index (χ4n) is 2.79. The number of hydrogen-bond donors (Lipinski definition) is 3. The number of fused-ring (bicyclic) bond motifs is 1. The molecule has 0 aliphatic carbocycles. The molecule has 0 bridgehead atoms. The summed E-state index contributed by atoms with van der Waals surface area (Å²) < 4.78 is 22.0. The van der Waals surface area contributed by atoms with E-state index >= 15 is 0 Å². The Kier molecular flexibility index (Phi) is 11.7. The molecule has 1 aliphatic rings. The van der Waals surface area contributed by atoms with E-state index in [0.29, 0.717) is 16.3 Å². The third-order valence-electron chi connectivity index (χ3n) is 4.19. The molecule has 3 rings (SSSR count). The van der Waals surface area contributed by atoms with Crippen LogP contribution in [0.25, 0.3) is 11.2 Å². The minimum Gasteiger partial charge on any atom is -0.790 e. The van der Waals surface area contributed by atoms with Crippen LogP contribution in [0.1, 0.15) is 26.0 Å². The maximum absolute atomic E-state index is 10.7. The number of nitrogens with zero attached hydrogens (tertiary/aromatic N) is 4. The molecule has 1 aliphatic heterocycles. The average molecular weight is 479 g/mol. The van der Waals surface area contributed by atoms with Gasteiger partial charge in [0.2, 0.25) is 0 Å². The van der Waals surface area contributed by atoms with Crippen molar-refractivity contribution in [2.24, 2.45) is 0 Å². The SMILES string of the molecule is CCCCSc1nc2c(N)ncnc2n1[C@@H]1O[C@H](COP(=O)([O-])[O-])[C@@H](O)[C@H]1O.[Na+].[Na+]. The number of thioether (sulfide) groups is 1. The Bertz CT molecular complexity index is 888. The second-order valence-electron chi connectivity index (χ2n) is 6.19. The molecule has 2 aromatic rings. The van der Waals surface area contributed by atoms with Crippen molar-refractivity contribution in [1.82, 2.24) is 19.5 Å². The van der Waals surface area contributed by atoms with E-state index in [4.69, 9.17) is 10.5 Å². The summed E-state index contributed by atoms with van der Waals surface area (Å²) in [6, 6.07) is 0. The first-order valence-corrected chi connectivity index (χ1v) is 11.0. The first-order chi connectivity index (χ1) is 13.2. The molecule has 0 radical (unpaired) electrons. The van der Waals surface area contributed by atoms with Crippen molar-refractivity contribution in [3.8, 4) is 0 Å². The maximum atomic E-state index is 10.7. The molecule has 3 heterocycles. The van der Waals surface area contributed by atoms with E-state index < -0.39 is 39.0 Å². The molecule has 16 heteroatoms. The van der Waals surface area contributed by atoms with Gasteiger partial charge in [-0.1, -0.05) is 25.1 Å². The number of phosphoric ester groups is 1. The Morgan fingerprint density at radius 2 is 2.03 bits per heavy atom. The van der Waals surface area contributed by atoms with Crippen LogP contribution < -0.4 is 74.6 Å². The number of nitrogen functional groups attached to an aromatic ring is 1. The molecule has 0 aromatic carbocycles. The second-order valence-corrected chi connectivity index (χ2v) is 8.40. The molecule has 1 fully saturated rings. The van der Waals surface area contributed by atoms with E-state index in [1.165, 1.54) is 22.7 Å². The van der Waals surface area contributed by atoms with Crippen LogP contribution in [-0.2, 0) is 13.8 Å². The van der Waals surface area contributed by atoms with Crippen molar-refractivity contribution in [2.75, 3.05) is 18.1 Å². The van der Waals surface area contributed by atoms with Gasteiger partial charge in [0.15, 0.2) is 28.4 Å². The molecule has 2 aromatic heterocycles. The summed E-state index contributed by atoms with van der Waals surface area (Å²) in [5.41, 5.74) is 6.48. The van der Waals surface area contributed by atoms with Gasteiger partial charge in [0, 0.05) is 5.75 Å². The van der Waals surface area contributed by atoms with Crippen LogP contribution in [0.4, 0.5) is 5.82 Å². The van der Waals surface area contributed by atoms with Crippen molar-refractivity contribution in [3.05, 3.63) is 6.33 Å². The molecule has 0 amide bonds. The zero-order valence-electron chi connectivity index (χ0n) is 16.9. The minimum atomic E-state index is -5.25. The van der Waals surface area contributed by atoms with E-state index in [0.717, 1.165) is 18.6 Å². The molecule has 4 N–H and O–H groups in total. The monoisotopic (exact) mass is 479 g/mol. The quantitative estimate of drug-likeness (QED) is 0.140. The number of rotatable bonds is 8. The van der Waals surface area contributed by atoms with Crippen LogP contribution in [-0.4, -0.2) is 60.4 Å². The van der Waals surface area contributed by atoms with Crippen LogP contribution in [0, 0.1) is 0 Å². The number of aliphatic hydroxyl groups is 2. The Balaban J connectivity index is 0.00000225. The van der Waals surface area contributed by atoms with Gasteiger partial charge in [-0.2, -0.15) is 0 Å². The van der Waals surface area contributed by atoms with Crippen molar-refractivity contribution in [3.63, 3.8) is 0 Å². The minimum absolute atomic E-state index is 0. The number of unbranched alkanes of at least 4 members (excludes halogenated alkanes) is 1. The van der Waals surface area contributed by atoms with Crippen LogP contribution in [0.5, 0.6) is 0 Å². The van der Waals surface area contributed by atoms with Crippen molar-refractivity contribution >= 4 is 36.6 Å². The summed E-state index contributed by atoms with van der Waals surface area (Å²) in [6.45, 7) is 1.32. The topological polar surface area (TPSA) is 192 Å². The largest absolute Gasteiger partial charge is 1.00 e. The van der Waals surface area contributed by atoms with Crippen LogP contribution in [0.15, 0.2) is 11.5 Å². The number of imidazole rings is 1. The predicted molar refractivity (Wildman–Crippen MR) is 94.8 cm³/mol. The third kappa shape index (κ3) is 6.61. The molecule has 30 heavy (non-hydrogen) atoms. The van der Waals surface area contributed by atoms with E-state index in [1.54, 1.807) is 0 Å². The van der Waals surface area contributed by atoms with Gasteiger partial charge in [0.1, 0.15) is 24.6 Å². The Morgan fingerprint density at radius 3 is 2.67 bits per heavy atom. The standard InChI is InChI=1S/C14H22N5O7PS.2Na/c1-2-3-4-28-14-18-8-11(15)16-6-17-12(8)19(14)13-10(21)9(20)7(26-13)5-25-27(22,23)24;;/h6-7,9-10,13,20-21H,2-5H2,1H3,(H2,15,16,17)(H2,22,23,24);;/q;2*+1/p-2/t7-,9-,10-,13-;;/m1../s1.